The molecule has 0 unspecified atom stereocenters. The van der Waals surface area contributed by atoms with Crippen LogP contribution in [-0.2, 0) is 6.54 Å². The van der Waals surface area contributed by atoms with Gasteiger partial charge in [-0.3, -0.25) is 4.79 Å². The van der Waals surface area contributed by atoms with Crippen LogP contribution in [0.1, 0.15) is 13.2 Å². The highest BCUT2D eigenvalue weighted by Crippen LogP contribution is 2.22. The maximum atomic E-state index is 12.0. The van der Waals surface area contributed by atoms with Gasteiger partial charge in [-0.1, -0.05) is 0 Å². The van der Waals surface area contributed by atoms with Gasteiger partial charge in [0, 0.05) is 6.54 Å². The molecule has 0 radical (unpaired) electrons. The molecule has 0 saturated heterocycles. The SMILES string of the molecule is CCn1cnc2c(=O)n3c(nc21)N[C@@H](O)[C@@H]3O. The van der Waals surface area contributed by atoms with Gasteiger partial charge in [0.1, 0.15) is 0 Å². The molecule has 8 heteroatoms. The van der Waals surface area contributed by atoms with Gasteiger partial charge >= 0.3 is 0 Å². The Morgan fingerprint density at radius 2 is 2.29 bits per heavy atom. The van der Waals surface area contributed by atoms with Crippen LogP contribution < -0.4 is 10.9 Å². The van der Waals surface area contributed by atoms with Gasteiger partial charge in [-0.05, 0) is 6.92 Å². The number of imidazole rings is 1. The van der Waals surface area contributed by atoms with E-state index in [0.717, 1.165) is 4.57 Å². The Kier molecular flexibility index (Phi) is 1.98. The first-order valence-corrected chi connectivity index (χ1v) is 5.23. The van der Waals surface area contributed by atoms with E-state index in [1.54, 1.807) is 4.57 Å². The summed E-state index contributed by atoms with van der Waals surface area (Å²) in [5.41, 5.74) is 0.164. The van der Waals surface area contributed by atoms with Crippen LogP contribution in [0, 0.1) is 0 Å². The third-order valence-electron chi connectivity index (χ3n) is 2.84. The second-order valence-electron chi connectivity index (χ2n) is 3.82. The Bertz CT molecular complexity index is 646. The molecule has 2 atom stereocenters. The molecule has 0 aromatic carbocycles. The van der Waals surface area contributed by atoms with Gasteiger partial charge in [0.2, 0.25) is 5.95 Å². The van der Waals surface area contributed by atoms with Crippen molar-refractivity contribution in [3.8, 4) is 0 Å². The molecule has 0 saturated carbocycles. The molecule has 0 spiro atoms. The maximum Gasteiger partial charge on any atom is 0.285 e. The molecular formula is C9H11N5O3. The molecule has 1 aliphatic rings. The van der Waals surface area contributed by atoms with Crippen molar-refractivity contribution < 1.29 is 10.2 Å². The molecule has 0 aliphatic carbocycles. The van der Waals surface area contributed by atoms with Crippen molar-refractivity contribution in [3.05, 3.63) is 16.7 Å². The van der Waals surface area contributed by atoms with Crippen LogP contribution in [0.5, 0.6) is 0 Å². The number of nitrogens with zero attached hydrogens (tertiary/aromatic N) is 4. The lowest BCUT2D eigenvalue weighted by Crippen LogP contribution is -2.27. The molecule has 90 valence electrons. The maximum absolute atomic E-state index is 12.0. The minimum absolute atomic E-state index is 0.151. The summed E-state index contributed by atoms with van der Waals surface area (Å²) in [6, 6.07) is 0. The number of hydrogen-bond donors (Lipinski definition) is 3. The summed E-state index contributed by atoms with van der Waals surface area (Å²) < 4.78 is 2.72. The Balaban J connectivity index is 2.36. The zero-order valence-electron chi connectivity index (χ0n) is 9.03. The van der Waals surface area contributed by atoms with E-state index in [4.69, 9.17) is 0 Å². The van der Waals surface area contributed by atoms with E-state index in [-0.39, 0.29) is 11.5 Å². The van der Waals surface area contributed by atoms with Gasteiger partial charge in [0.25, 0.3) is 5.56 Å². The lowest BCUT2D eigenvalue weighted by molar-refractivity contribution is 0.00238. The standard InChI is InChI=1S/C9H11N5O3/c1-2-13-3-10-4-5(13)11-9-12-6(15)8(17)14(9)7(4)16/h3,6,8,15,17H,2H2,1H3,(H,11,12)/t6-,8-/m0/s1. The van der Waals surface area contributed by atoms with Gasteiger partial charge < -0.3 is 20.1 Å². The predicted octanol–water partition coefficient (Wildman–Crippen LogP) is -1.15. The topological polar surface area (TPSA) is 105 Å². The molecule has 3 heterocycles. The number of rotatable bonds is 1. The molecule has 2 aromatic rings. The van der Waals surface area contributed by atoms with E-state index in [0.29, 0.717) is 12.2 Å². The first-order chi connectivity index (χ1) is 8.13. The van der Waals surface area contributed by atoms with E-state index >= 15 is 0 Å². The second-order valence-corrected chi connectivity index (χ2v) is 3.82. The van der Waals surface area contributed by atoms with Crippen molar-refractivity contribution in [2.45, 2.75) is 25.9 Å². The number of nitrogens with one attached hydrogen (secondary N) is 1. The molecule has 17 heavy (non-hydrogen) atoms. The van der Waals surface area contributed by atoms with E-state index < -0.39 is 18.0 Å². The summed E-state index contributed by atoms with van der Waals surface area (Å²) in [5.74, 6) is 0.151. The Labute approximate surface area is 95.2 Å². The van der Waals surface area contributed by atoms with Crippen molar-refractivity contribution in [1.82, 2.24) is 19.1 Å². The van der Waals surface area contributed by atoms with Crippen molar-refractivity contribution in [1.29, 1.82) is 0 Å². The minimum atomic E-state index is -1.33. The van der Waals surface area contributed by atoms with Crippen LogP contribution in [0.15, 0.2) is 11.1 Å². The second kappa shape index (κ2) is 3.28. The van der Waals surface area contributed by atoms with Crippen LogP contribution in [0.3, 0.4) is 0 Å². The molecule has 0 amide bonds. The summed E-state index contributed by atoms with van der Waals surface area (Å²) in [4.78, 5) is 20.2. The zero-order chi connectivity index (χ0) is 12.2. The molecule has 0 fully saturated rings. The van der Waals surface area contributed by atoms with Crippen LogP contribution in [0.4, 0.5) is 5.95 Å². The van der Waals surface area contributed by atoms with Crippen LogP contribution in [0.2, 0.25) is 0 Å². The summed E-state index contributed by atoms with van der Waals surface area (Å²) in [7, 11) is 0. The fraction of sp³-hybridized carbons (Fsp3) is 0.444. The number of fused-ring (bicyclic) bond motifs is 2. The molecule has 0 bridgehead atoms. The highest BCUT2D eigenvalue weighted by molar-refractivity contribution is 5.71. The quantitative estimate of drug-likeness (QED) is 0.578. The first kappa shape index (κ1) is 10.2. The molecular weight excluding hydrogens is 226 g/mol. The fourth-order valence-electron chi connectivity index (χ4n) is 1.94. The third-order valence-corrected chi connectivity index (χ3v) is 2.84. The smallest absolute Gasteiger partial charge is 0.285 e. The summed E-state index contributed by atoms with van der Waals surface area (Å²) >= 11 is 0. The van der Waals surface area contributed by atoms with Crippen LogP contribution >= 0.6 is 0 Å². The van der Waals surface area contributed by atoms with Crippen molar-refractivity contribution in [2.75, 3.05) is 5.32 Å². The number of aryl methyl sites for hydroxylation is 1. The van der Waals surface area contributed by atoms with Gasteiger partial charge in [0.05, 0.1) is 6.33 Å². The zero-order valence-corrected chi connectivity index (χ0v) is 9.03. The molecule has 3 rings (SSSR count). The largest absolute Gasteiger partial charge is 0.369 e. The van der Waals surface area contributed by atoms with Crippen molar-refractivity contribution in [3.63, 3.8) is 0 Å². The number of aliphatic hydroxyl groups excluding tert-OH is 2. The lowest BCUT2D eigenvalue weighted by Gasteiger charge is -2.07. The number of hydrogen-bond acceptors (Lipinski definition) is 6. The van der Waals surface area contributed by atoms with Crippen molar-refractivity contribution >= 4 is 17.1 Å². The Hall–Kier alpha value is -1.93. The van der Waals surface area contributed by atoms with Crippen molar-refractivity contribution in [2.24, 2.45) is 0 Å². The van der Waals surface area contributed by atoms with Gasteiger partial charge in [-0.2, -0.15) is 4.98 Å². The fourth-order valence-corrected chi connectivity index (χ4v) is 1.94. The van der Waals surface area contributed by atoms with Crippen LogP contribution in [-0.4, -0.2) is 35.5 Å². The number of anilines is 1. The first-order valence-electron chi connectivity index (χ1n) is 5.23. The van der Waals surface area contributed by atoms with E-state index in [9.17, 15) is 15.0 Å². The minimum Gasteiger partial charge on any atom is -0.369 e. The summed E-state index contributed by atoms with van der Waals surface area (Å²) in [5, 5.41) is 21.6. The average molecular weight is 237 g/mol. The normalized spacial score (nSPS) is 22.8. The van der Waals surface area contributed by atoms with Gasteiger partial charge in [-0.15, -0.1) is 0 Å². The average Bonchev–Trinajstić information content (AvgIpc) is 2.82. The van der Waals surface area contributed by atoms with Gasteiger partial charge in [0.15, 0.2) is 23.6 Å². The molecule has 3 N–H and O–H groups in total. The number of aliphatic hydroxyl groups is 2. The summed E-state index contributed by atoms with van der Waals surface area (Å²) in [6.45, 7) is 2.54. The highest BCUT2D eigenvalue weighted by Gasteiger charge is 2.32. The molecule has 2 aromatic heterocycles. The monoisotopic (exact) mass is 237 g/mol. The van der Waals surface area contributed by atoms with Crippen LogP contribution in [0.25, 0.3) is 11.2 Å². The predicted molar refractivity (Wildman–Crippen MR) is 58.3 cm³/mol. The number of aromatic nitrogens is 4. The summed E-state index contributed by atoms with van der Waals surface area (Å²) in [6.07, 6.45) is -1.03. The molecule has 8 nitrogen and oxygen atoms in total. The Morgan fingerprint density at radius 1 is 1.53 bits per heavy atom. The Morgan fingerprint density at radius 3 is 3.00 bits per heavy atom. The van der Waals surface area contributed by atoms with E-state index in [1.807, 2.05) is 6.92 Å². The third kappa shape index (κ3) is 1.22. The van der Waals surface area contributed by atoms with Gasteiger partial charge in [-0.25, -0.2) is 9.55 Å². The highest BCUT2D eigenvalue weighted by atomic mass is 16.4. The van der Waals surface area contributed by atoms with E-state index in [1.165, 1.54) is 6.33 Å². The van der Waals surface area contributed by atoms with E-state index in [2.05, 4.69) is 15.3 Å². The lowest BCUT2D eigenvalue weighted by atomic mass is 10.5. The molecule has 1 aliphatic heterocycles.